The van der Waals surface area contributed by atoms with E-state index in [1.807, 2.05) is 5.29 Å². The molecule has 0 spiro atoms. The smallest absolute Gasteiger partial charge is 0.0641 e. The van der Waals surface area contributed by atoms with Crippen LogP contribution in [0.5, 0.6) is 0 Å². The maximum atomic E-state index is 10.2. The predicted octanol–water partition coefficient (Wildman–Crippen LogP) is 0.513. The number of nitriles is 1. The summed E-state index contributed by atoms with van der Waals surface area (Å²) in [6.45, 7) is -6.59. The summed E-state index contributed by atoms with van der Waals surface area (Å²) in [5, 5.41) is 9.64. The van der Waals surface area contributed by atoms with Crippen molar-refractivity contribution in [3.63, 3.8) is 0 Å². The Labute approximate surface area is 57.5 Å². The van der Waals surface area contributed by atoms with Gasteiger partial charge in [0.05, 0.1) is 27.0 Å². The molecule has 0 saturated carbocycles. The highest BCUT2D eigenvalue weighted by Gasteiger charge is 1.89. The predicted molar refractivity (Wildman–Crippen MR) is 28.7 cm³/mol. The van der Waals surface area contributed by atoms with Gasteiger partial charge in [-0.15, -0.1) is 4.91 Å². The number of hydrogen-bond donors (Lipinski definition) is 0. The lowest BCUT2D eigenvalue weighted by atomic mass is 10.5. The molecule has 0 bridgehead atoms. The fourth-order valence-corrected chi connectivity index (χ4v) is 0.0984. The van der Waals surface area contributed by atoms with Crippen LogP contribution < -0.4 is 0 Å². The molecule has 0 aromatic rings. The summed E-state index contributed by atoms with van der Waals surface area (Å²) < 4.78 is 48.3. The van der Waals surface area contributed by atoms with E-state index in [0.717, 1.165) is 6.07 Å². The minimum atomic E-state index is -3.34. The molecule has 0 aromatic heterocycles. The molecule has 0 aliphatic heterocycles. The Bertz CT molecular complexity index is 292. The maximum absolute atomic E-state index is 10.2. The standard InChI is InChI=1S/C4H7N3O/c1-7(6-8)4-2-3-5/h2,4H2,1H3/i1D3,2D2,4D2. The van der Waals surface area contributed by atoms with Gasteiger partial charge in [0.1, 0.15) is 0 Å². The van der Waals surface area contributed by atoms with Crippen molar-refractivity contribution in [3.05, 3.63) is 4.91 Å². The van der Waals surface area contributed by atoms with E-state index in [1.165, 1.54) is 0 Å². The Morgan fingerprint density at radius 2 is 3.00 bits per heavy atom. The van der Waals surface area contributed by atoms with Crippen molar-refractivity contribution < 1.29 is 9.60 Å². The molecule has 0 heterocycles. The number of nitrogens with zero attached hydrogens (tertiary/aromatic N) is 3. The summed E-state index contributed by atoms with van der Waals surface area (Å²) in [6, 6.07) is 0.936. The lowest BCUT2D eigenvalue weighted by Gasteiger charge is -2.01. The minimum Gasteiger partial charge on any atom is -0.263 e. The Morgan fingerprint density at radius 1 is 2.25 bits per heavy atom. The van der Waals surface area contributed by atoms with E-state index in [0.29, 0.717) is 0 Å². The first-order valence-electron chi connectivity index (χ1n) is 5.05. The summed E-state index contributed by atoms with van der Waals surface area (Å²) in [5.74, 6) is 0. The fourth-order valence-electron chi connectivity index (χ4n) is 0.0984. The largest absolute Gasteiger partial charge is 0.263 e. The molecule has 4 nitrogen and oxygen atoms in total. The maximum Gasteiger partial charge on any atom is 0.0641 e. The van der Waals surface area contributed by atoms with Crippen LogP contribution in [-0.2, 0) is 0 Å². The third-order valence-corrected chi connectivity index (χ3v) is 0.299. The van der Waals surface area contributed by atoms with E-state index in [-0.39, 0.29) is 0 Å². The molecule has 0 aliphatic carbocycles. The average Bonchev–Trinajstić information content (AvgIpc) is 2.01. The molecule has 4 heteroatoms. The summed E-state index contributed by atoms with van der Waals surface area (Å²) in [6.07, 6.45) is -3.17. The number of hydrogen-bond acceptors (Lipinski definition) is 3. The molecule has 0 atom stereocenters. The van der Waals surface area contributed by atoms with Crippen LogP contribution in [0.15, 0.2) is 5.29 Å². The van der Waals surface area contributed by atoms with Gasteiger partial charge in [0.25, 0.3) is 0 Å². The zero-order valence-corrected chi connectivity index (χ0v) is 3.75. The molecule has 0 N–H and O–H groups in total. The van der Waals surface area contributed by atoms with E-state index in [2.05, 4.69) is 0 Å². The van der Waals surface area contributed by atoms with Crippen molar-refractivity contribution >= 4 is 0 Å². The van der Waals surface area contributed by atoms with E-state index in [4.69, 9.17) is 14.9 Å². The molecule has 0 fully saturated rings. The molecule has 0 rings (SSSR count). The molecule has 0 saturated heterocycles. The zero-order chi connectivity index (χ0) is 12.5. The van der Waals surface area contributed by atoms with Gasteiger partial charge in [0.15, 0.2) is 0 Å². The second kappa shape index (κ2) is 4.06. The molecular weight excluding hydrogens is 106 g/mol. The van der Waals surface area contributed by atoms with E-state index >= 15 is 0 Å². The highest BCUT2D eigenvalue weighted by Crippen LogP contribution is 1.83. The van der Waals surface area contributed by atoms with Crippen LogP contribution in [0.2, 0.25) is 0 Å². The van der Waals surface area contributed by atoms with Gasteiger partial charge in [-0.2, -0.15) is 5.26 Å². The van der Waals surface area contributed by atoms with Gasteiger partial charge >= 0.3 is 0 Å². The fraction of sp³-hybridized carbons (Fsp3) is 0.750. The van der Waals surface area contributed by atoms with Crippen LogP contribution in [0.25, 0.3) is 0 Å². The van der Waals surface area contributed by atoms with Crippen molar-refractivity contribution in [3.8, 4) is 6.07 Å². The lowest BCUT2D eigenvalue weighted by molar-refractivity contribution is 0.358. The number of nitroso groups, excluding NO2 is 1. The van der Waals surface area contributed by atoms with Gasteiger partial charge in [-0.1, -0.05) is 0 Å². The van der Waals surface area contributed by atoms with Gasteiger partial charge in [-0.05, 0) is 0 Å². The first-order chi connectivity index (χ1) is 6.50. The van der Waals surface area contributed by atoms with Crippen molar-refractivity contribution in [1.82, 2.24) is 5.01 Å². The highest BCUT2D eigenvalue weighted by atomic mass is 16.3. The second-order valence-electron chi connectivity index (χ2n) is 0.742. The van der Waals surface area contributed by atoms with Gasteiger partial charge in [0.2, 0.25) is 0 Å². The quantitative estimate of drug-likeness (QED) is 0.403. The molecule has 8 heavy (non-hydrogen) atoms. The summed E-state index contributed by atoms with van der Waals surface area (Å²) in [4.78, 5) is 10.2. The summed E-state index contributed by atoms with van der Waals surface area (Å²) in [5.41, 5.74) is 0. The molecule has 0 radical (unpaired) electrons. The van der Waals surface area contributed by atoms with Crippen LogP contribution >= 0.6 is 0 Å². The molecule has 44 valence electrons. The second-order valence-corrected chi connectivity index (χ2v) is 0.742. The van der Waals surface area contributed by atoms with Crippen molar-refractivity contribution in [2.24, 2.45) is 5.29 Å². The molecule has 0 aliphatic rings. The lowest BCUT2D eigenvalue weighted by Crippen LogP contribution is -2.10. The Balaban J connectivity index is 5.36. The number of rotatable bonds is 3. The average molecular weight is 120 g/mol. The van der Waals surface area contributed by atoms with Crippen LogP contribution in [0.1, 0.15) is 16.0 Å². The monoisotopic (exact) mass is 120 g/mol. The van der Waals surface area contributed by atoms with Crippen molar-refractivity contribution in [2.45, 2.75) is 6.37 Å². The Kier molecular flexibility index (Phi) is 0.730. The molecule has 0 amide bonds. The minimum absolute atomic E-state index is 0.580. The summed E-state index contributed by atoms with van der Waals surface area (Å²) in [7, 11) is 0. The third kappa shape index (κ3) is 3.09. The topological polar surface area (TPSA) is 56.5 Å². The summed E-state index contributed by atoms with van der Waals surface area (Å²) >= 11 is 0. The normalized spacial score (nSPS) is 25.6. The van der Waals surface area contributed by atoms with Crippen molar-refractivity contribution in [1.29, 1.82) is 5.26 Å². The van der Waals surface area contributed by atoms with Gasteiger partial charge in [0, 0.05) is 13.8 Å². The molecular formula is C4H7N3O. The Hall–Kier alpha value is -1.11. The Morgan fingerprint density at radius 3 is 3.38 bits per heavy atom. The van der Waals surface area contributed by atoms with Crippen LogP contribution in [0, 0.1) is 16.2 Å². The van der Waals surface area contributed by atoms with Gasteiger partial charge in [-0.3, -0.25) is 5.01 Å². The van der Waals surface area contributed by atoms with Crippen LogP contribution in [-0.4, -0.2) is 18.5 Å². The van der Waals surface area contributed by atoms with Gasteiger partial charge < -0.3 is 0 Å². The molecule has 0 unspecified atom stereocenters. The third-order valence-electron chi connectivity index (χ3n) is 0.299. The van der Waals surface area contributed by atoms with Crippen LogP contribution in [0.3, 0.4) is 0 Å². The van der Waals surface area contributed by atoms with E-state index in [1.54, 1.807) is 0 Å². The first-order valence-corrected chi connectivity index (χ1v) is 1.55. The zero-order valence-electron chi connectivity index (χ0n) is 10.7. The van der Waals surface area contributed by atoms with Crippen molar-refractivity contribution in [2.75, 3.05) is 13.5 Å². The van der Waals surface area contributed by atoms with Gasteiger partial charge in [-0.25, -0.2) is 0 Å². The highest BCUT2D eigenvalue weighted by molar-refractivity contribution is 4.69. The van der Waals surface area contributed by atoms with E-state index in [9.17, 15) is 4.91 Å². The van der Waals surface area contributed by atoms with Crippen LogP contribution in [0.4, 0.5) is 0 Å². The van der Waals surface area contributed by atoms with E-state index < -0.39 is 24.9 Å². The SMILES string of the molecule is [2H]C([2H])([2H])N(N=O)C([2H])([2H])C([2H])([2H])C#N. The first kappa shape index (κ1) is 1.44. The molecule has 0 aromatic carbocycles.